The van der Waals surface area contributed by atoms with E-state index in [-0.39, 0.29) is 6.61 Å². The van der Waals surface area contributed by atoms with Gasteiger partial charge in [-0.25, -0.2) is 0 Å². The number of hydrogen-bond acceptors (Lipinski definition) is 4. The van der Waals surface area contributed by atoms with Crippen LogP contribution in [0.15, 0.2) is 18.2 Å². The van der Waals surface area contributed by atoms with Crippen LogP contribution in [0.3, 0.4) is 0 Å². The van der Waals surface area contributed by atoms with Crippen LogP contribution < -0.4 is 9.47 Å². The minimum Gasteiger partial charge on any atom is -0.497 e. The van der Waals surface area contributed by atoms with Crippen molar-refractivity contribution in [1.29, 1.82) is 0 Å². The number of benzene rings is 1. The van der Waals surface area contributed by atoms with Crippen LogP contribution in [0.25, 0.3) is 0 Å². The maximum atomic E-state index is 9.72. The Kier molecular flexibility index (Phi) is 4.39. The van der Waals surface area contributed by atoms with Crippen LogP contribution in [0.4, 0.5) is 0 Å². The van der Waals surface area contributed by atoms with Crippen molar-refractivity contribution in [3.8, 4) is 11.5 Å². The first-order chi connectivity index (χ1) is 7.21. The van der Waals surface area contributed by atoms with Gasteiger partial charge < -0.3 is 19.3 Å². The van der Waals surface area contributed by atoms with Crippen molar-refractivity contribution >= 4 is 0 Å². The molecule has 1 aromatic rings. The Bertz CT molecular complexity index is 289. The Hall–Kier alpha value is -1.26. The fourth-order valence-corrected chi connectivity index (χ4v) is 1.28. The first kappa shape index (κ1) is 11.8. The molecule has 0 saturated carbocycles. The van der Waals surface area contributed by atoms with E-state index in [1.165, 1.54) is 0 Å². The van der Waals surface area contributed by atoms with Crippen molar-refractivity contribution in [2.24, 2.45) is 0 Å². The molecule has 0 aromatic heterocycles. The van der Waals surface area contributed by atoms with Crippen LogP contribution in [-0.2, 0) is 4.74 Å². The highest BCUT2D eigenvalue weighted by Gasteiger charge is 2.10. The summed E-state index contributed by atoms with van der Waals surface area (Å²) in [6.07, 6.45) is -0.668. The molecule has 0 radical (unpaired) electrons. The van der Waals surface area contributed by atoms with E-state index in [0.29, 0.717) is 17.1 Å². The number of ether oxygens (including phenoxy) is 3. The smallest absolute Gasteiger partial charge is 0.122 e. The highest BCUT2D eigenvalue weighted by molar-refractivity contribution is 5.39. The fourth-order valence-electron chi connectivity index (χ4n) is 1.28. The summed E-state index contributed by atoms with van der Waals surface area (Å²) >= 11 is 0. The molecule has 84 valence electrons. The summed E-state index contributed by atoms with van der Waals surface area (Å²) in [5.74, 6) is 1.30. The first-order valence-corrected chi connectivity index (χ1v) is 4.61. The zero-order valence-electron chi connectivity index (χ0n) is 9.19. The van der Waals surface area contributed by atoms with E-state index in [9.17, 15) is 5.11 Å². The molecule has 0 heterocycles. The van der Waals surface area contributed by atoms with E-state index in [1.807, 2.05) is 0 Å². The molecule has 1 N–H and O–H groups in total. The largest absolute Gasteiger partial charge is 0.497 e. The van der Waals surface area contributed by atoms with Gasteiger partial charge in [0, 0.05) is 13.2 Å². The molecule has 15 heavy (non-hydrogen) atoms. The molecule has 0 spiro atoms. The van der Waals surface area contributed by atoms with Crippen LogP contribution in [-0.4, -0.2) is 33.0 Å². The van der Waals surface area contributed by atoms with Gasteiger partial charge >= 0.3 is 0 Å². The average molecular weight is 212 g/mol. The zero-order valence-corrected chi connectivity index (χ0v) is 9.19. The van der Waals surface area contributed by atoms with Crippen LogP contribution >= 0.6 is 0 Å². The lowest BCUT2D eigenvalue weighted by molar-refractivity contribution is 0.0641. The summed E-state index contributed by atoms with van der Waals surface area (Å²) in [6.45, 7) is 0.246. The number of rotatable bonds is 5. The second-order valence-corrected chi connectivity index (χ2v) is 3.12. The molecule has 0 saturated heterocycles. The van der Waals surface area contributed by atoms with Gasteiger partial charge in [-0.15, -0.1) is 0 Å². The quantitative estimate of drug-likeness (QED) is 0.801. The van der Waals surface area contributed by atoms with Gasteiger partial charge in [-0.1, -0.05) is 0 Å². The molecule has 0 fully saturated rings. The van der Waals surface area contributed by atoms with Gasteiger partial charge in [-0.2, -0.15) is 0 Å². The minimum absolute atomic E-state index is 0.246. The monoisotopic (exact) mass is 212 g/mol. The Balaban J connectivity index is 2.95. The van der Waals surface area contributed by atoms with Crippen LogP contribution in [0.5, 0.6) is 11.5 Å². The zero-order chi connectivity index (χ0) is 11.3. The van der Waals surface area contributed by atoms with E-state index in [0.717, 1.165) is 0 Å². The predicted octanol–water partition coefficient (Wildman–Crippen LogP) is 1.38. The summed E-state index contributed by atoms with van der Waals surface area (Å²) in [6, 6.07) is 5.27. The van der Waals surface area contributed by atoms with Gasteiger partial charge in [0.05, 0.1) is 20.8 Å². The lowest BCUT2D eigenvalue weighted by Gasteiger charge is -2.12. The highest BCUT2D eigenvalue weighted by Crippen LogP contribution is 2.26. The van der Waals surface area contributed by atoms with Crippen LogP contribution in [0.1, 0.15) is 11.7 Å². The van der Waals surface area contributed by atoms with Crippen molar-refractivity contribution < 1.29 is 19.3 Å². The van der Waals surface area contributed by atoms with Gasteiger partial charge in [-0.05, 0) is 17.7 Å². The van der Waals surface area contributed by atoms with E-state index in [1.54, 1.807) is 39.5 Å². The lowest BCUT2D eigenvalue weighted by atomic mass is 10.1. The maximum absolute atomic E-state index is 9.72. The van der Waals surface area contributed by atoms with Crippen molar-refractivity contribution in [3.63, 3.8) is 0 Å². The summed E-state index contributed by atoms with van der Waals surface area (Å²) in [4.78, 5) is 0. The molecule has 0 aliphatic carbocycles. The van der Waals surface area contributed by atoms with Crippen molar-refractivity contribution in [2.45, 2.75) is 6.10 Å². The second kappa shape index (κ2) is 5.58. The molecule has 0 amide bonds. The molecular formula is C11H16O4. The summed E-state index contributed by atoms with van der Waals surface area (Å²) in [5.41, 5.74) is 0.716. The van der Waals surface area contributed by atoms with Crippen LogP contribution in [0, 0.1) is 0 Å². The van der Waals surface area contributed by atoms with Gasteiger partial charge in [0.15, 0.2) is 0 Å². The van der Waals surface area contributed by atoms with E-state index in [4.69, 9.17) is 14.2 Å². The van der Waals surface area contributed by atoms with Gasteiger partial charge in [0.2, 0.25) is 0 Å². The second-order valence-electron chi connectivity index (χ2n) is 3.12. The van der Waals surface area contributed by atoms with Crippen molar-refractivity contribution in [3.05, 3.63) is 23.8 Å². The number of methoxy groups -OCH3 is 3. The highest BCUT2D eigenvalue weighted by atomic mass is 16.5. The molecule has 0 bridgehead atoms. The maximum Gasteiger partial charge on any atom is 0.122 e. The fraction of sp³-hybridized carbons (Fsp3) is 0.455. The van der Waals surface area contributed by atoms with Crippen LogP contribution in [0.2, 0.25) is 0 Å². The van der Waals surface area contributed by atoms with Crippen molar-refractivity contribution in [1.82, 2.24) is 0 Å². The third-order valence-corrected chi connectivity index (χ3v) is 2.08. The summed E-state index contributed by atoms with van der Waals surface area (Å²) in [7, 11) is 4.68. The van der Waals surface area contributed by atoms with E-state index >= 15 is 0 Å². The summed E-state index contributed by atoms with van der Waals surface area (Å²) in [5, 5.41) is 9.72. The van der Waals surface area contributed by atoms with Crippen molar-refractivity contribution in [2.75, 3.05) is 27.9 Å². The number of aliphatic hydroxyl groups is 1. The molecule has 4 nitrogen and oxygen atoms in total. The number of aliphatic hydroxyl groups excluding tert-OH is 1. The Morgan fingerprint density at radius 2 is 1.60 bits per heavy atom. The van der Waals surface area contributed by atoms with E-state index < -0.39 is 6.10 Å². The average Bonchev–Trinajstić information content (AvgIpc) is 2.28. The standard InChI is InChI=1S/C11H16O4/c1-13-7-11(12)8-4-9(14-2)6-10(5-8)15-3/h4-6,11-12H,7H2,1-3H3. The molecule has 0 aliphatic heterocycles. The molecule has 4 heteroatoms. The Morgan fingerprint density at radius 1 is 1.07 bits per heavy atom. The van der Waals surface area contributed by atoms with Gasteiger partial charge in [0.25, 0.3) is 0 Å². The third kappa shape index (κ3) is 3.11. The SMILES string of the molecule is COCC(O)c1cc(OC)cc(OC)c1. The van der Waals surface area contributed by atoms with Gasteiger partial charge in [-0.3, -0.25) is 0 Å². The molecule has 0 aliphatic rings. The minimum atomic E-state index is -0.668. The third-order valence-electron chi connectivity index (χ3n) is 2.08. The normalized spacial score (nSPS) is 12.3. The number of hydrogen-bond donors (Lipinski definition) is 1. The topological polar surface area (TPSA) is 47.9 Å². The first-order valence-electron chi connectivity index (χ1n) is 4.61. The molecular weight excluding hydrogens is 196 g/mol. The molecule has 1 atom stereocenters. The molecule has 1 aromatic carbocycles. The summed E-state index contributed by atoms with van der Waals surface area (Å²) < 4.78 is 15.1. The molecule has 1 rings (SSSR count). The van der Waals surface area contributed by atoms with E-state index in [2.05, 4.69) is 0 Å². The Morgan fingerprint density at radius 3 is 2.00 bits per heavy atom. The lowest BCUT2D eigenvalue weighted by Crippen LogP contribution is -2.05. The molecule has 1 unspecified atom stereocenters. The predicted molar refractivity (Wildman–Crippen MR) is 56.4 cm³/mol. The Labute approximate surface area is 89.4 Å². The van der Waals surface area contributed by atoms with Gasteiger partial charge in [0.1, 0.15) is 17.6 Å².